The predicted molar refractivity (Wildman–Crippen MR) is 63.5 cm³/mol. The minimum atomic E-state index is -0.0786. The lowest BCUT2D eigenvalue weighted by molar-refractivity contribution is -0.0390. The number of rotatable bonds is 1. The van der Waals surface area contributed by atoms with Crippen molar-refractivity contribution in [3.05, 3.63) is 11.9 Å². The number of hydrogen-bond donors (Lipinski definition) is 1. The van der Waals surface area contributed by atoms with Crippen LogP contribution >= 0.6 is 0 Å². The molecule has 1 aromatic heterocycles. The molecule has 6 heteroatoms. The highest BCUT2D eigenvalue weighted by atomic mass is 16.5. The van der Waals surface area contributed by atoms with Crippen molar-refractivity contribution < 1.29 is 9.53 Å². The van der Waals surface area contributed by atoms with E-state index in [1.165, 1.54) is 10.9 Å². The number of carbonyl (C=O) groups is 1. The van der Waals surface area contributed by atoms with E-state index < -0.39 is 0 Å². The minimum Gasteiger partial charge on any atom is -0.396 e. The quantitative estimate of drug-likeness (QED) is 0.761. The first-order valence-electron chi connectivity index (χ1n) is 5.70. The summed E-state index contributed by atoms with van der Waals surface area (Å²) in [5, 5.41) is 3.99. The third kappa shape index (κ3) is 2.12. The maximum absolute atomic E-state index is 12.4. The van der Waals surface area contributed by atoms with E-state index in [1.807, 2.05) is 13.8 Å². The molecule has 0 spiro atoms. The number of nitrogens with zero attached hydrogens (tertiary/aromatic N) is 3. The summed E-state index contributed by atoms with van der Waals surface area (Å²) in [6.07, 6.45) is 1.56. The Hall–Kier alpha value is -1.56. The van der Waals surface area contributed by atoms with Gasteiger partial charge in [0.1, 0.15) is 5.69 Å². The van der Waals surface area contributed by atoms with Crippen molar-refractivity contribution in [1.29, 1.82) is 0 Å². The second kappa shape index (κ2) is 4.37. The van der Waals surface area contributed by atoms with Gasteiger partial charge in [-0.1, -0.05) is 0 Å². The molecule has 1 fully saturated rings. The number of carbonyl (C=O) groups excluding carboxylic acids is 1. The molecular weight excluding hydrogens is 220 g/mol. The number of morpholine rings is 1. The maximum atomic E-state index is 12.4. The lowest BCUT2D eigenvalue weighted by atomic mass is 10.2. The zero-order chi connectivity index (χ0) is 12.6. The highest BCUT2D eigenvalue weighted by molar-refractivity contribution is 5.97. The summed E-state index contributed by atoms with van der Waals surface area (Å²) >= 11 is 0. The Morgan fingerprint density at radius 3 is 2.88 bits per heavy atom. The van der Waals surface area contributed by atoms with Gasteiger partial charge < -0.3 is 15.4 Å². The fourth-order valence-electron chi connectivity index (χ4n) is 2.04. The molecule has 1 saturated heterocycles. The highest BCUT2D eigenvalue weighted by Gasteiger charge is 2.30. The molecule has 0 aliphatic carbocycles. The summed E-state index contributed by atoms with van der Waals surface area (Å²) in [7, 11) is 1.72. The van der Waals surface area contributed by atoms with E-state index in [2.05, 4.69) is 5.10 Å². The molecule has 0 radical (unpaired) electrons. The van der Waals surface area contributed by atoms with Crippen LogP contribution < -0.4 is 5.73 Å². The summed E-state index contributed by atoms with van der Waals surface area (Å²) in [4.78, 5) is 14.2. The Labute approximate surface area is 100 Å². The first-order valence-corrected chi connectivity index (χ1v) is 5.70. The molecule has 1 aliphatic heterocycles. The molecule has 0 bridgehead atoms. The van der Waals surface area contributed by atoms with E-state index in [-0.39, 0.29) is 18.1 Å². The topological polar surface area (TPSA) is 73.4 Å². The van der Waals surface area contributed by atoms with E-state index in [0.29, 0.717) is 24.5 Å². The number of nitrogens with two attached hydrogens (primary N) is 1. The van der Waals surface area contributed by atoms with Crippen LogP contribution in [0.4, 0.5) is 5.69 Å². The molecule has 1 aromatic rings. The first kappa shape index (κ1) is 11.9. The lowest BCUT2D eigenvalue weighted by Gasteiger charge is -2.36. The van der Waals surface area contributed by atoms with Gasteiger partial charge in [0.15, 0.2) is 0 Å². The van der Waals surface area contributed by atoms with Crippen molar-refractivity contribution in [2.75, 3.05) is 18.9 Å². The van der Waals surface area contributed by atoms with Gasteiger partial charge in [0.25, 0.3) is 5.91 Å². The first-order chi connectivity index (χ1) is 8.00. The summed E-state index contributed by atoms with van der Waals surface area (Å²) < 4.78 is 7.02. The van der Waals surface area contributed by atoms with Gasteiger partial charge >= 0.3 is 0 Å². The molecule has 0 aromatic carbocycles. The maximum Gasteiger partial charge on any atom is 0.274 e. The second-order valence-electron chi connectivity index (χ2n) is 4.52. The largest absolute Gasteiger partial charge is 0.396 e. The van der Waals surface area contributed by atoms with E-state index in [9.17, 15) is 4.79 Å². The minimum absolute atomic E-state index is 0.0598. The third-order valence-electron chi connectivity index (χ3n) is 3.04. The SMILES string of the molecule is CC1CN(C(=O)c2c(N)cnn2C)C(C)CO1. The number of ether oxygens (including phenoxy) is 1. The smallest absolute Gasteiger partial charge is 0.274 e. The molecule has 2 heterocycles. The highest BCUT2D eigenvalue weighted by Crippen LogP contribution is 2.18. The number of anilines is 1. The molecule has 0 saturated carbocycles. The summed E-state index contributed by atoms with van der Waals surface area (Å²) in [5.41, 5.74) is 6.64. The van der Waals surface area contributed by atoms with Gasteiger partial charge in [0, 0.05) is 13.6 Å². The van der Waals surface area contributed by atoms with Crippen LogP contribution in [0.2, 0.25) is 0 Å². The zero-order valence-electron chi connectivity index (χ0n) is 10.4. The van der Waals surface area contributed by atoms with Crippen molar-refractivity contribution in [1.82, 2.24) is 14.7 Å². The fraction of sp³-hybridized carbons (Fsp3) is 0.636. The van der Waals surface area contributed by atoms with E-state index >= 15 is 0 Å². The average Bonchev–Trinajstić information content (AvgIpc) is 2.61. The number of amides is 1. The van der Waals surface area contributed by atoms with Crippen LogP contribution in [0, 0.1) is 0 Å². The van der Waals surface area contributed by atoms with Crippen molar-refractivity contribution >= 4 is 11.6 Å². The molecule has 1 amide bonds. The monoisotopic (exact) mass is 238 g/mol. The van der Waals surface area contributed by atoms with Crippen LogP contribution in [0.1, 0.15) is 24.3 Å². The van der Waals surface area contributed by atoms with Gasteiger partial charge in [-0.3, -0.25) is 9.48 Å². The van der Waals surface area contributed by atoms with Gasteiger partial charge in [0.05, 0.1) is 30.6 Å². The summed E-state index contributed by atoms with van der Waals surface area (Å²) in [6.45, 7) is 5.07. The number of nitrogen functional groups attached to an aromatic ring is 1. The Bertz CT molecular complexity index is 410. The molecule has 2 rings (SSSR count). The van der Waals surface area contributed by atoms with Crippen LogP contribution in [0.15, 0.2) is 6.20 Å². The van der Waals surface area contributed by atoms with Gasteiger partial charge in [-0.15, -0.1) is 0 Å². The zero-order valence-corrected chi connectivity index (χ0v) is 10.4. The van der Waals surface area contributed by atoms with Crippen LogP contribution in [-0.2, 0) is 11.8 Å². The van der Waals surface area contributed by atoms with Gasteiger partial charge in [0.2, 0.25) is 0 Å². The average molecular weight is 238 g/mol. The van der Waals surface area contributed by atoms with Crippen LogP contribution in [0.5, 0.6) is 0 Å². The second-order valence-corrected chi connectivity index (χ2v) is 4.52. The molecule has 1 aliphatic rings. The number of aromatic nitrogens is 2. The molecule has 2 N–H and O–H groups in total. The molecule has 94 valence electrons. The van der Waals surface area contributed by atoms with Crippen molar-refractivity contribution in [2.24, 2.45) is 7.05 Å². The Balaban J connectivity index is 2.25. The Morgan fingerprint density at radius 1 is 1.59 bits per heavy atom. The van der Waals surface area contributed by atoms with Crippen LogP contribution in [0.25, 0.3) is 0 Å². The fourth-order valence-corrected chi connectivity index (χ4v) is 2.04. The number of aryl methyl sites for hydroxylation is 1. The molecule has 2 unspecified atom stereocenters. The lowest BCUT2D eigenvalue weighted by Crippen LogP contribution is -2.50. The summed E-state index contributed by atoms with van der Waals surface area (Å²) in [5.74, 6) is -0.0786. The van der Waals surface area contributed by atoms with Crippen LogP contribution in [0.3, 0.4) is 0 Å². The van der Waals surface area contributed by atoms with E-state index in [0.717, 1.165) is 0 Å². The number of hydrogen-bond acceptors (Lipinski definition) is 4. The van der Waals surface area contributed by atoms with E-state index in [1.54, 1.807) is 11.9 Å². The van der Waals surface area contributed by atoms with Gasteiger partial charge in [-0.25, -0.2) is 0 Å². The Kier molecular flexibility index (Phi) is 3.06. The van der Waals surface area contributed by atoms with Crippen molar-refractivity contribution in [3.63, 3.8) is 0 Å². The molecule has 6 nitrogen and oxygen atoms in total. The predicted octanol–water partition coefficient (Wildman–Crippen LogP) is 0.252. The standard InChI is InChI=1S/C11H18N4O2/c1-7-6-17-8(2)5-15(7)11(16)10-9(12)4-13-14(10)3/h4,7-8H,5-6,12H2,1-3H3. The van der Waals surface area contributed by atoms with Crippen molar-refractivity contribution in [2.45, 2.75) is 26.0 Å². The molecule has 2 atom stereocenters. The summed E-state index contributed by atoms with van der Waals surface area (Å²) in [6, 6.07) is 0.0630. The molecule has 17 heavy (non-hydrogen) atoms. The van der Waals surface area contributed by atoms with Crippen LogP contribution in [-0.4, -0.2) is 45.9 Å². The van der Waals surface area contributed by atoms with Gasteiger partial charge in [-0.05, 0) is 13.8 Å². The van der Waals surface area contributed by atoms with E-state index in [4.69, 9.17) is 10.5 Å². The molecular formula is C11H18N4O2. The Morgan fingerprint density at radius 2 is 2.29 bits per heavy atom. The normalized spacial score (nSPS) is 25.0. The van der Waals surface area contributed by atoms with Crippen molar-refractivity contribution in [3.8, 4) is 0 Å². The van der Waals surface area contributed by atoms with Gasteiger partial charge in [-0.2, -0.15) is 5.10 Å². The third-order valence-corrected chi connectivity index (χ3v) is 3.04.